The molecule has 0 spiro atoms. The molecule has 26 heavy (non-hydrogen) atoms. The third-order valence-electron chi connectivity index (χ3n) is 4.16. The first kappa shape index (κ1) is 17.5. The maximum absolute atomic E-state index is 12.5. The Morgan fingerprint density at radius 3 is 2.85 bits per heavy atom. The van der Waals surface area contributed by atoms with E-state index in [2.05, 4.69) is 10.4 Å². The second-order valence-electron chi connectivity index (χ2n) is 6.33. The Labute approximate surface area is 150 Å². The third kappa shape index (κ3) is 3.13. The number of aromatic nitrogens is 2. The Kier molecular flexibility index (Phi) is 4.41. The number of amides is 1. The van der Waals surface area contributed by atoms with Gasteiger partial charge in [-0.3, -0.25) is 9.48 Å². The molecule has 1 aliphatic heterocycles. The summed E-state index contributed by atoms with van der Waals surface area (Å²) in [6.07, 6.45) is 4.62. The number of fused-ring (bicyclic) bond motifs is 1. The Morgan fingerprint density at radius 2 is 2.15 bits per heavy atom. The molecule has 0 fully saturated rings. The predicted molar refractivity (Wildman–Crippen MR) is 94.3 cm³/mol. The van der Waals surface area contributed by atoms with Gasteiger partial charge in [-0.15, -0.1) is 0 Å². The van der Waals surface area contributed by atoms with E-state index in [1.807, 2.05) is 12.1 Å². The number of ether oxygens (including phenoxy) is 2. The number of nitrogens with one attached hydrogen (secondary N) is 1. The molecule has 1 aliphatic rings. The van der Waals surface area contributed by atoms with E-state index in [0.717, 1.165) is 5.56 Å². The second kappa shape index (κ2) is 6.55. The summed E-state index contributed by atoms with van der Waals surface area (Å²) in [6, 6.07) is 5.43. The van der Waals surface area contributed by atoms with Crippen LogP contribution in [0.15, 0.2) is 36.2 Å². The number of aliphatic carboxylic acids is 1. The molecule has 0 aliphatic carbocycles. The molecule has 1 aromatic heterocycles. The van der Waals surface area contributed by atoms with Crippen molar-refractivity contribution in [2.45, 2.75) is 19.4 Å². The molecule has 8 nitrogen and oxygen atoms in total. The number of methoxy groups -OCH3 is 1. The minimum atomic E-state index is -1.22. The zero-order valence-corrected chi connectivity index (χ0v) is 14.6. The molecule has 1 aromatic carbocycles. The molecule has 3 rings (SSSR count). The van der Waals surface area contributed by atoms with Crippen molar-refractivity contribution in [2.24, 2.45) is 0 Å². The maximum atomic E-state index is 12.5. The average Bonchev–Trinajstić information content (AvgIpc) is 3.09. The van der Waals surface area contributed by atoms with E-state index in [1.54, 1.807) is 19.3 Å². The van der Waals surface area contributed by atoms with Crippen LogP contribution < -0.4 is 14.8 Å². The van der Waals surface area contributed by atoms with Crippen LogP contribution in [0, 0.1) is 0 Å². The van der Waals surface area contributed by atoms with Crippen molar-refractivity contribution in [1.29, 1.82) is 0 Å². The Balaban J connectivity index is 1.78. The molecule has 136 valence electrons. The number of benzene rings is 1. The van der Waals surface area contributed by atoms with Crippen LogP contribution in [0.4, 0.5) is 5.69 Å². The van der Waals surface area contributed by atoms with Gasteiger partial charge in [-0.25, -0.2) is 4.79 Å². The molecule has 8 heteroatoms. The summed E-state index contributed by atoms with van der Waals surface area (Å²) in [6.45, 7) is 3.15. The average molecular weight is 357 g/mol. The standard InChI is InChI=1S/C18H19N3O5/c1-18(2,17(23)24)21-9-13(8-19-21)20-16(22)12-7-11-5-4-6-14(25-3)15(11)26-10-12/h4-9H,10H2,1-3H3,(H,20,22)(H,23,24). The molecular formula is C18H19N3O5. The first-order valence-corrected chi connectivity index (χ1v) is 7.93. The Hall–Kier alpha value is -3.29. The number of carboxylic acid groups (broad SMARTS) is 1. The SMILES string of the molecule is COc1cccc2c1OCC(C(=O)Nc1cnn(C(C)(C)C(=O)O)c1)=C2. The molecule has 0 saturated heterocycles. The highest BCUT2D eigenvalue weighted by Gasteiger charge is 2.30. The van der Waals surface area contributed by atoms with Crippen LogP contribution in [0.1, 0.15) is 19.4 Å². The molecule has 2 heterocycles. The number of carbonyl (C=O) groups is 2. The summed E-state index contributed by atoms with van der Waals surface area (Å²) in [7, 11) is 1.56. The number of para-hydroxylation sites is 1. The quantitative estimate of drug-likeness (QED) is 0.850. The number of anilines is 1. The van der Waals surface area contributed by atoms with Crippen molar-refractivity contribution in [3.63, 3.8) is 0 Å². The van der Waals surface area contributed by atoms with Crippen LogP contribution in [0.3, 0.4) is 0 Å². The summed E-state index contributed by atoms with van der Waals surface area (Å²) >= 11 is 0. The number of rotatable bonds is 5. The van der Waals surface area contributed by atoms with Crippen LogP contribution in [0.2, 0.25) is 0 Å². The van der Waals surface area contributed by atoms with Crippen LogP contribution in [-0.2, 0) is 15.1 Å². The minimum absolute atomic E-state index is 0.105. The van der Waals surface area contributed by atoms with Crippen LogP contribution in [0.5, 0.6) is 11.5 Å². The zero-order chi connectivity index (χ0) is 18.9. The lowest BCUT2D eigenvalue weighted by Gasteiger charge is -2.20. The highest BCUT2D eigenvalue weighted by Crippen LogP contribution is 2.35. The van der Waals surface area contributed by atoms with Crippen molar-refractivity contribution in [3.05, 3.63) is 41.7 Å². The molecular weight excluding hydrogens is 338 g/mol. The van der Waals surface area contributed by atoms with Gasteiger partial charge in [-0.05, 0) is 26.0 Å². The van der Waals surface area contributed by atoms with E-state index >= 15 is 0 Å². The fraction of sp³-hybridized carbons (Fsp3) is 0.278. The van der Waals surface area contributed by atoms with Crippen molar-refractivity contribution >= 4 is 23.6 Å². The third-order valence-corrected chi connectivity index (χ3v) is 4.16. The van der Waals surface area contributed by atoms with Gasteiger partial charge in [0.15, 0.2) is 17.0 Å². The monoisotopic (exact) mass is 357 g/mol. The van der Waals surface area contributed by atoms with E-state index in [4.69, 9.17) is 9.47 Å². The smallest absolute Gasteiger partial charge is 0.331 e. The summed E-state index contributed by atoms with van der Waals surface area (Å²) in [5, 5.41) is 16.0. The number of carboxylic acids is 1. The van der Waals surface area contributed by atoms with Gasteiger partial charge in [0.1, 0.15) is 6.61 Å². The lowest BCUT2D eigenvalue weighted by atomic mass is 10.1. The van der Waals surface area contributed by atoms with Gasteiger partial charge in [0.25, 0.3) is 5.91 Å². The fourth-order valence-electron chi connectivity index (χ4n) is 2.47. The van der Waals surface area contributed by atoms with Crippen LogP contribution >= 0.6 is 0 Å². The molecule has 2 N–H and O–H groups in total. The van der Waals surface area contributed by atoms with Gasteiger partial charge in [-0.2, -0.15) is 5.10 Å². The lowest BCUT2D eigenvalue weighted by molar-refractivity contribution is -0.146. The summed E-state index contributed by atoms with van der Waals surface area (Å²) in [4.78, 5) is 23.8. The molecule has 0 unspecified atom stereocenters. The molecule has 1 amide bonds. The Morgan fingerprint density at radius 1 is 1.38 bits per heavy atom. The summed E-state index contributed by atoms with van der Waals surface area (Å²) in [5.74, 6) is -0.156. The van der Waals surface area contributed by atoms with E-state index in [9.17, 15) is 14.7 Å². The lowest BCUT2D eigenvalue weighted by Crippen LogP contribution is -2.35. The zero-order valence-electron chi connectivity index (χ0n) is 14.6. The van der Waals surface area contributed by atoms with Crippen molar-refractivity contribution in [1.82, 2.24) is 9.78 Å². The molecule has 0 bridgehead atoms. The number of carbonyl (C=O) groups excluding carboxylic acids is 1. The Bertz CT molecular complexity index is 898. The first-order valence-electron chi connectivity index (χ1n) is 7.93. The molecule has 0 radical (unpaired) electrons. The predicted octanol–water partition coefficient (Wildman–Crippen LogP) is 2.13. The second-order valence-corrected chi connectivity index (χ2v) is 6.33. The van der Waals surface area contributed by atoms with Gasteiger partial charge in [-0.1, -0.05) is 12.1 Å². The van der Waals surface area contributed by atoms with Gasteiger partial charge < -0.3 is 19.9 Å². The van der Waals surface area contributed by atoms with Crippen molar-refractivity contribution in [3.8, 4) is 11.5 Å². The highest BCUT2D eigenvalue weighted by molar-refractivity contribution is 6.07. The van der Waals surface area contributed by atoms with E-state index in [1.165, 1.54) is 30.9 Å². The number of hydrogen-bond donors (Lipinski definition) is 2. The van der Waals surface area contributed by atoms with Crippen molar-refractivity contribution < 1.29 is 24.2 Å². The van der Waals surface area contributed by atoms with Gasteiger partial charge in [0.2, 0.25) is 0 Å². The molecule has 0 saturated carbocycles. The first-order chi connectivity index (χ1) is 12.3. The largest absolute Gasteiger partial charge is 0.493 e. The van der Waals surface area contributed by atoms with Crippen LogP contribution in [-0.4, -0.2) is 40.5 Å². The molecule has 2 aromatic rings. The fourth-order valence-corrected chi connectivity index (χ4v) is 2.47. The van der Waals surface area contributed by atoms with E-state index in [0.29, 0.717) is 22.8 Å². The number of nitrogens with zero attached hydrogens (tertiary/aromatic N) is 2. The van der Waals surface area contributed by atoms with Gasteiger partial charge in [0, 0.05) is 11.8 Å². The van der Waals surface area contributed by atoms with E-state index in [-0.39, 0.29) is 12.5 Å². The summed E-state index contributed by atoms with van der Waals surface area (Å²) < 4.78 is 12.2. The summed E-state index contributed by atoms with van der Waals surface area (Å²) in [5.41, 5.74) is 0.382. The van der Waals surface area contributed by atoms with Gasteiger partial charge in [0.05, 0.1) is 24.6 Å². The maximum Gasteiger partial charge on any atom is 0.331 e. The number of hydrogen-bond acceptors (Lipinski definition) is 5. The topological polar surface area (TPSA) is 103 Å². The molecule has 0 atom stereocenters. The normalized spacial score (nSPS) is 13.3. The van der Waals surface area contributed by atoms with Crippen LogP contribution in [0.25, 0.3) is 6.08 Å². The van der Waals surface area contributed by atoms with E-state index < -0.39 is 11.5 Å². The van der Waals surface area contributed by atoms with Gasteiger partial charge >= 0.3 is 5.97 Å². The highest BCUT2D eigenvalue weighted by atomic mass is 16.5. The van der Waals surface area contributed by atoms with Crippen molar-refractivity contribution in [2.75, 3.05) is 19.0 Å². The minimum Gasteiger partial charge on any atom is -0.493 e.